The second-order valence-corrected chi connectivity index (χ2v) is 9.64. The van der Waals surface area contributed by atoms with Gasteiger partial charge in [0.2, 0.25) is 5.91 Å². The Morgan fingerprint density at radius 1 is 1.24 bits per heavy atom. The molecule has 1 fully saturated rings. The Kier molecular flexibility index (Phi) is 6.06. The van der Waals surface area contributed by atoms with E-state index in [1.165, 1.54) is 35.4 Å². The second kappa shape index (κ2) is 8.81. The summed E-state index contributed by atoms with van der Waals surface area (Å²) in [7, 11) is -1.90. The van der Waals surface area contributed by atoms with Gasteiger partial charge in [-0.15, -0.1) is 10.8 Å². The van der Waals surface area contributed by atoms with Crippen LogP contribution in [0.5, 0.6) is 5.75 Å². The molecule has 0 atom stereocenters. The van der Waals surface area contributed by atoms with E-state index in [4.69, 9.17) is 0 Å². The van der Waals surface area contributed by atoms with Crippen molar-refractivity contribution in [2.24, 2.45) is 0 Å². The van der Waals surface area contributed by atoms with Crippen molar-refractivity contribution in [1.82, 2.24) is 20.2 Å². The molecule has 1 aromatic carbocycles. The fraction of sp³-hybridized carbons (Fsp3) is 0.238. The van der Waals surface area contributed by atoms with Gasteiger partial charge in [-0.3, -0.25) is 23.7 Å². The van der Waals surface area contributed by atoms with Crippen LogP contribution in [0.1, 0.15) is 16.1 Å². The number of benzene rings is 1. The van der Waals surface area contributed by atoms with E-state index >= 15 is 0 Å². The molecule has 0 bridgehead atoms. The van der Waals surface area contributed by atoms with Gasteiger partial charge in [0.1, 0.15) is 17.9 Å². The van der Waals surface area contributed by atoms with Crippen LogP contribution in [0, 0.1) is 5.82 Å². The SMILES string of the molecule is CN1CCS(O)(O)N(c2nc(C(=O)NCc3ccc(F)cc3)c(O)c3ncccc23)CC1=O. The molecule has 2 aromatic heterocycles. The molecule has 1 saturated heterocycles. The molecule has 0 radical (unpaired) electrons. The maximum atomic E-state index is 13.1. The first kappa shape index (κ1) is 22.7. The number of aromatic nitrogens is 2. The van der Waals surface area contributed by atoms with Gasteiger partial charge in [-0.1, -0.05) is 12.1 Å². The zero-order valence-electron chi connectivity index (χ0n) is 17.6. The highest BCUT2D eigenvalue weighted by atomic mass is 32.3. The molecule has 10 nitrogen and oxygen atoms in total. The van der Waals surface area contributed by atoms with Crippen LogP contribution in [0.4, 0.5) is 10.2 Å². The summed E-state index contributed by atoms with van der Waals surface area (Å²) in [6.07, 6.45) is 1.41. The number of nitrogens with zero attached hydrogens (tertiary/aromatic N) is 4. The van der Waals surface area contributed by atoms with Crippen molar-refractivity contribution in [3.8, 4) is 5.75 Å². The minimum absolute atomic E-state index is 0.0229. The summed E-state index contributed by atoms with van der Waals surface area (Å²) in [6.45, 7) is -0.202. The van der Waals surface area contributed by atoms with Gasteiger partial charge in [-0.2, -0.15) is 0 Å². The predicted octanol–water partition coefficient (Wildman–Crippen LogP) is 2.35. The van der Waals surface area contributed by atoms with E-state index in [2.05, 4.69) is 15.3 Å². The number of hydrogen-bond acceptors (Lipinski definition) is 8. The number of nitrogens with one attached hydrogen (secondary N) is 1. The number of halogens is 1. The topological polar surface area (TPSA) is 139 Å². The molecule has 4 rings (SSSR count). The van der Waals surface area contributed by atoms with E-state index < -0.39 is 33.9 Å². The third-order valence-electron chi connectivity index (χ3n) is 5.29. The van der Waals surface area contributed by atoms with Crippen molar-refractivity contribution < 1.29 is 28.2 Å². The van der Waals surface area contributed by atoms with Crippen molar-refractivity contribution in [3.63, 3.8) is 0 Å². The zero-order valence-corrected chi connectivity index (χ0v) is 18.4. The van der Waals surface area contributed by atoms with Gasteiger partial charge in [0.25, 0.3) is 5.91 Å². The molecule has 33 heavy (non-hydrogen) atoms. The maximum Gasteiger partial charge on any atom is 0.274 e. The highest BCUT2D eigenvalue weighted by Crippen LogP contribution is 2.49. The van der Waals surface area contributed by atoms with Crippen LogP contribution in [0.25, 0.3) is 10.9 Å². The van der Waals surface area contributed by atoms with Crippen LogP contribution in [0.15, 0.2) is 42.6 Å². The Morgan fingerprint density at radius 2 is 1.97 bits per heavy atom. The summed E-state index contributed by atoms with van der Waals surface area (Å²) < 4.78 is 35.7. The van der Waals surface area contributed by atoms with Gasteiger partial charge >= 0.3 is 0 Å². The number of carbonyl (C=O) groups excluding carboxylic acids is 2. The second-order valence-electron chi connectivity index (χ2n) is 7.53. The van der Waals surface area contributed by atoms with E-state index in [0.29, 0.717) is 5.56 Å². The number of amides is 2. The fourth-order valence-electron chi connectivity index (χ4n) is 3.38. The van der Waals surface area contributed by atoms with Crippen molar-refractivity contribution in [1.29, 1.82) is 0 Å². The fourth-order valence-corrected chi connectivity index (χ4v) is 4.85. The van der Waals surface area contributed by atoms with E-state index in [1.807, 2.05) is 0 Å². The van der Waals surface area contributed by atoms with Gasteiger partial charge < -0.3 is 15.3 Å². The molecule has 2 amide bonds. The lowest BCUT2D eigenvalue weighted by molar-refractivity contribution is -0.127. The highest BCUT2D eigenvalue weighted by molar-refractivity contribution is 8.25. The molecule has 0 spiro atoms. The van der Waals surface area contributed by atoms with Crippen LogP contribution in [-0.4, -0.2) is 66.8 Å². The van der Waals surface area contributed by atoms with Crippen molar-refractivity contribution in [3.05, 3.63) is 59.7 Å². The molecular weight excluding hydrogens is 453 g/mol. The zero-order chi connectivity index (χ0) is 23.8. The van der Waals surface area contributed by atoms with E-state index in [1.54, 1.807) is 19.2 Å². The molecule has 3 aromatic rings. The molecule has 1 aliphatic rings. The standard InChI is InChI=1S/C21H22FN5O5S/c1-26-9-10-33(31,32)27(12-16(26)28)20-15-3-2-8-23-17(15)19(29)18(25-20)21(30)24-11-13-4-6-14(22)7-5-13/h2-8,29,31-32H,9-12H2,1H3,(H,24,30). The number of likely N-dealkylation sites (N-methyl/N-ethyl adjacent to an activating group) is 1. The molecule has 0 saturated carbocycles. The van der Waals surface area contributed by atoms with Gasteiger partial charge in [0.15, 0.2) is 17.3 Å². The van der Waals surface area contributed by atoms with Gasteiger partial charge in [0.05, 0.1) is 5.75 Å². The first-order valence-corrected chi connectivity index (χ1v) is 11.6. The smallest absolute Gasteiger partial charge is 0.274 e. The quantitative estimate of drug-likeness (QED) is 0.451. The molecule has 0 unspecified atom stereocenters. The maximum absolute atomic E-state index is 13.1. The van der Waals surface area contributed by atoms with E-state index in [-0.39, 0.29) is 48.0 Å². The number of pyridine rings is 2. The normalized spacial score (nSPS) is 17.0. The molecule has 0 aliphatic carbocycles. The van der Waals surface area contributed by atoms with Crippen LogP contribution < -0.4 is 9.62 Å². The summed E-state index contributed by atoms with van der Waals surface area (Å²) in [4.78, 5) is 35.1. The van der Waals surface area contributed by atoms with Crippen LogP contribution in [0.3, 0.4) is 0 Å². The summed E-state index contributed by atoms with van der Waals surface area (Å²) in [6, 6.07) is 8.65. The van der Waals surface area contributed by atoms with Gasteiger partial charge in [-0.05, 0) is 29.8 Å². The molecule has 3 heterocycles. The Labute approximate surface area is 190 Å². The number of carbonyl (C=O) groups is 2. The van der Waals surface area contributed by atoms with Crippen LogP contribution in [-0.2, 0) is 11.3 Å². The number of fused-ring (bicyclic) bond motifs is 1. The minimum Gasteiger partial charge on any atom is -0.504 e. The number of hydrogen-bond donors (Lipinski definition) is 4. The summed E-state index contributed by atoms with van der Waals surface area (Å²) in [5, 5.41) is 13.6. The third-order valence-corrected chi connectivity index (χ3v) is 7.03. The van der Waals surface area contributed by atoms with Crippen LogP contribution in [0.2, 0.25) is 0 Å². The van der Waals surface area contributed by atoms with Crippen LogP contribution >= 0.6 is 10.8 Å². The van der Waals surface area contributed by atoms with Gasteiger partial charge in [-0.25, -0.2) is 13.7 Å². The average Bonchev–Trinajstić information content (AvgIpc) is 2.90. The predicted molar refractivity (Wildman–Crippen MR) is 121 cm³/mol. The molecule has 12 heteroatoms. The average molecular weight is 476 g/mol. The van der Waals surface area contributed by atoms with Crippen molar-refractivity contribution in [2.45, 2.75) is 6.54 Å². The first-order valence-electron chi connectivity index (χ1n) is 9.95. The molecule has 174 valence electrons. The summed E-state index contributed by atoms with van der Waals surface area (Å²) in [5.41, 5.74) is 0.256. The lowest BCUT2D eigenvalue weighted by Crippen LogP contribution is -2.36. The third kappa shape index (κ3) is 4.53. The summed E-state index contributed by atoms with van der Waals surface area (Å²) >= 11 is 0. The number of rotatable bonds is 4. The highest BCUT2D eigenvalue weighted by Gasteiger charge is 2.34. The monoisotopic (exact) mass is 475 g/mol. The molecule has 4 N–H and O–H groups in total. The molecular formula is C21H22FN5O5S. The van der Waals surface area contributed by atoms with Gasteiger partial charge in [0, 0.05) is 31.7 Å². The van der Waals surface area contributed by atoms with E-state index in [9.17, 15) is 28.2 Å². The number of aromatic hydroxyl groups is 1. The Hall–Kier alpha value is -3.48. The first-order chi connectivity index (χ1) is 15.7. The lowest BCUT2D eigenvalue weighted by atomic mass is 10.1. The summed E-state index contributed by atoms with van der Waals surface area (Å²) in [5.74, 6) is -2.16. The Balaban J connectivity index is 1.75. The number of anilines is 1. The lowest BCUT2D eigenvalue weighted by Gasteiger charge is -2.41. The largest absolute Gasteiger partial charge is 0.504 e. The Bertz CT molecular complexity index is 1220. The van der Waals surface area contributed by atoms with Crippen molar-refractivity contribution in [2.75, 3.05) is 30.2 Å². The Morgan fingerprint density at radius 3 is 2.70 bits per heavy atom. The van der Waals surface area contributed by atoms with Crippen molar-refractivity contribution >= 4 is 39.3 Å². The van der Waals surface area contributed by atoms with E-state index in [0.717, 1.165) is 4.31 Å². The molecule has 1 aliphatic heterocycles. The minimum atomic E-state index is -3.45.